The van der Waals surface area contributed by atoms with Crippen LogP contribution < -0.4 is 5.32 Å². The van der Waals surface area contributed by atoms with Crippen molar-refractivity contribution in [2.24, 2.45) is 0 Å². The summed E-state index contributed by atoms with van der Waals surface area (Å²) in [4.78, 5) is 22.7. The molecular formula is C14H16ClNO5S. The molecule has 0 bridgehead atoms. The van der Waals surface area contributed by atoms with E-state index in [4.69, 9.17) is 16.7 Å². The molecule has 0 aliphatic carbocycles. The van der Waals surface area contributed by atoms with Crippen LogP contribution in [-0.4, -0.2) is 37.2 Å². The van der Waals surface area contributed by atoms with Gasteiger partial charge in [0.2, 0.25) is 5.91 Å². The van der Waals surface area contributed by atoms with Gasteiger partial charge in [0.15, 0.2) is 9.84 Å². The van der Waals surface area contributed by atoms with Gasteiger partial charge in [0.25, 0.3) is 0 Å². The van der Waals surface area contributed by atoms with Gasteiger partial charge in [0.05, 0.1) is 4.90 Å². The monoisotopic (exact) mass is 345 g/mol. The zero-order valence-electron chi connectivity index (χ0n) is 11.7. The fraction of sp³-hybridized carbons (Fsp3) is 0.286. The average Bonchev–Trinajstić information content (AvgIpc) is 2.43. The Kier molecular flexibility index (Phi) is 6.58. The first-order valence-electron chi connectivity index (χ1n) is 6.37. The molecule has 0 heterocycles. The quantitative estimate of drug-likeness (QED) is 0.698. The molecule has 1 aromatic rings. The molecule has 2 N–H and O–H groups in total. The Morgan fingerprint density at radius 2 is 1.91 bits per heavy atom. The molecule has 22 heavy (non-hydrogen) atoms. The molecule has 1 atom stereocenters. The van der Waals surface area contributed by atoms with Crippen LogP contribution in [0.25, 0.3) is 0 Å². The van der Waals surface area contributed by atoms with Gasteiger partial charge in [-0.25, -0.2) is 13.2 Å². The number of sulfone groups is 1. The van der Waals surface area contributed by atoms with Crippen molar-refractivity contribution in [2.45, 2.75) is 23.8 Å². The molecule has 1 rings (SSSR count). The summed E-state index contributed by atoms with van der Waals surface area (Å²) < 4.78 is 24.1. The third-order valence-electron chi connectivity index (χ3n) is 2.79. The number of benzene rings is 1. The number of carboxylic acid groups (broad SMARTS) is 1. The average molecular weight is 346 g/mol. The number of amides is 1. The smallest absolute Gasteiger partial charge is 0.326 e. The zero-order valence-corrected chi connectivity index (χ0v) is 13.2. The Balaban J connectivity index is 2.75. The molecule has 0 aromatic heterocycles. The molecule has 0 fully saturated rings. The molecule has 1 aromatic carbocycles. The lowest BCUT2D eigenvalue weighted by Gasteiger charge is -2.13. The van der Waals surface area contributed by atoms with E-state index in [-0.39, 0.29) is 11.3 Å². The van der Waals surface area contributed by atoms with Crippen molar-refractivity contribution in [1.82, 2.24) is 5.32 Å². The number of nitrogens with one attached hydrogen (secondary N) is 1. The second-order valence-electron chi connectivity index (χ2n) is 4.54. The summed E-state index contributed by atoms with van der Waals surface area (Å²) in [5.41, 5.74) is 0. The number of carboxylic acids is 1. The number of carbonyl (C=O) groups excluding carboxylic acids is 1. The van der Waals surface area contributed by atoms with Crippen molar-refractivity contribution < 1.29 is 23.1 Å². The van der Waals surface area contributed by atoms with Crippen molar-refractivity contribution in [3.8, 4) is 0 Å². The standard InChI is InChI=1S/C14H16ClNO5S/c1-2-3-4-12(14(18)19)16-13(17)9-22(20,21)11-7-5-10(15)6-8-11/h2,5-8,12H,1,3-4,9H2,(H,16,17)(H,18,19). The Morgan fingerprint density at radius 1 is 1.32 bits per heavy atom. The summed E-state index contributed by atoms with van der Waals surface area (Å²) in [5.74, 6) is -2.92. The van der Waals surface area contributed by atoms with E-state index in [0.29, 0.717) is 11.4 Å². The van der Waals surface area contributed by atoms with Crippen molar-refractivity contribution in [1.29, 1.82) is 0 Å². The topological polar surface area (TPSA) is 101 Å². The summed E-state index contributed by atoms with van der Waals surface area (Å²) in [6, 6.07) is 4.23. The number of hydrogen-bond acceptors (Lipinski definition) is 4. The summed E-state index contributed by atoms with van der Waals surface area (Å²) in [6.07, 6.45) is 2.05. The lowest BCUT2D eigenvalue weighted by Crippen LogP contribution is -2.43. The molecule has 1 unspecified atom stereocenters. The number of hydrogen-bond donors (Lipinski definition) is 2. The number of halogens is 1. The van der Waals surface area contributed by atoms with Crippen molar-refractivity contribution in [2.75, 3.05) is 5.75 Å². The maximum Gasteiger partial charge on any atom is 0.326 e. The molecule has 120 valence electrons. The molecule has 0 saturated heterocycles. The Morgan fingerprint density at radius 3 is 2.41 bits per heavy atom. The molecule has 6 nitrogen and oxygen atoms in total. The van der Waals surface area contributed by atoms with E-state index in [1.807, 2.05) is 0 Å². The van der Waals surface area contributed by atoms with Crippen LogP contribution in [0, 0.1) is 0 Å². The molecule has 0 spiro atoms. The van der Waals surface area contributed by atoms with E-state index in [2.05, 4.69) is 11.9 Å². The first-order chi connectivity index (χ1) is 10.3. The van der Waals surface area contributed by atoms with Crippen molar-refractivity contribution in [3.05, 3.63) is 41.9 Å². The van der Waals surface area contributed by atoms with Gasteiger partial charge in [-0.1, -0.05) is 17.7 Å². The van der Waals surface area contributed by atoms with E-state index >= 15 is 0 Å². The van der Waals surface area contributed by atoms with Gasteiger partial charge in [-0.05, 0) is 37.1 Å². The van der Waals surface area contributed by atoms with Gasteiger partial charge in [-0.15, -0.1) is 6.58 Å². The van der Waals surface area contributed by atoms with Crippen LogP contribution in [0.2, 0.25) is 5.02 Å². The maximum atomic E-state index is 12.1. The largest absolute Gasteiger partial charge is 0.480 e. The second-order valence-corrected chi connectivity index (χ2v) is 6.96. The normalized spacial score (nSPS) is 12.4. The molecule has 0 aliphatic heterocycles. The minimum Gasteiger partial charge on any atom is -0.480 e. The van der Waals surface area contributed by atoms with Gasteiger partial charge in [-0.3, -0.25) is 4.79 Å². The van der Waals surface area contributed by atoms with Crippen LogP contribution in [0.5, 0.6) is 0 Å². The van der Waals surface area contributed by atoms with Gasteiger partial charge < -0.3 is 10.4 Å². The van der Waals surface area contributed by atoms with E-state index in [1.54, 1.807) is 0 Å². The number of aliphatic carboxylic acids is 1. The third kappa shape index (κ3) is 5.50. The van der Waals surface area contributed by atoms with Crippen LogP contribution in [-0.2, 0) is 19.4 Å². The molecule has 0 saturated carbocycles. The summed E-state index contributed by atoms with van der Waals surface area (Å²) >= 11 is 5.67. The summed E-state index contributed by atoms with van der Waals surface area (Å²) in [6.45, 7) is 3.46. The summed E-state index contributed by atoms with van der Waals surface area (Å²) in [7, 11) is -3.85. The SMILES string of the molecule is C=CCCC(NC(=O)CS(=O)(=O)c1ccc(Cl)cc1)C(=O)O. The van der Waals surface area contributed by atoms with E-state index in [0.717, 1.165) is 0 Å². The molecular weight excluding hydrogens is 330 g/mol. The third-order valence-corrected chi connectivity index (χ3v) is 4.67. The lowest BCUT2D eigenvalue weighted by atomic mass is 10.1. The molecule has 8 heteroatoms. The van der Waals surface area contributed by atoms with Gasteiger partial charge in [0.1, 0.15) is 11.8 Å². The van der Waals surface area contributed by atoms with E-state index < -0.39 is 33.5 Å². The number of carbonyl (C=O) groups is 2. The van der Waals surface area contributed by atoms with Gasteiger partial charge in [0, 0.05) is 5.02 Å². The Hall–Kier alpha value is -1.86. The zero-order chi connectivity index (χ0) is 16.8. The number of rotatable bonds is 8. The maximum absolute atomic E-state index is 12.1. The molecule has 0 radical (unpaired) electrons. The van der Waals surface area contributed by atoms with Crippen LogP contribution in [0.15, 0.2) is 41.8 Å². The summed E-state index contributed by atoms with van der Waals surface area (Å²) in [5, 5.41) is 11.6. The van der Waals surface area contributed by atoms with Crippen LogP contribution >= 0.6 is 11.6 Å². The molecule has 1 amide bonds. The Bertz CT molecular complexity index is 654. The fourth-order valence-electron chi connectivity index (χ4n) is 1.68. The minimum atomic E-state index is -3.85. The lowest BCUT2D eigenvalue weighted by molar-refractivity contribution is -0.141. The van der Waals surface area contributed by atoms with Crippen molar-refractivity contribution in [3.63, 3.8) is 0 Å². The Labute approximate surface area is 133 Å². The highest BCUT2D eigenvalue weighted by Crippen LogP contribution is 2.15. The predicted octanol–water partition coefficient (Wildman–Crippen LogP) is 1.65. The highest BCUT2D eigenvalue weighted by Gasteiger charge is 2.24. The van der Waals surface area contributed by atoms with E-state index in [9.17, 15) is 18.0 Å². The van der Waals surface area contributed by atoms with Crippen LogP contribution in [0.3, 0.4) is 0 Å². The van der Waals surface area contributed by atoms with E-state index in [1.165, 1.54) is 30.3 Å². The van der Waals surface area contributed by atoms with Crippen molar-refractivity contribution >= 4 is 33.3 Å². The van der Waals surface area contributed by atoms with Crippen LogP contribution in [0.1, 0.15) is 12.8 Å². The van der Waals surface area contributed by atoms with Gasteiger partial charge >= 0.3 is 5.97 Å². The highest BCUT2D eigenvalue weighted by molar-refractivity contribution is 7.92. The second kappa shape index (κ2) is 7.95. The first-order valence-corrected chi connectivity index (χ1v) is 8.40. The fourth-order valence-corrected chi connectivity index (χ4v) is 2.95. The molecule has 0 aliphatic rings. The highest BCUT2D eigenvalue weighted by atomic mass is 35.5. The first kappa shape index (κ1) is 18.2. The number of allylic oxidation sites excluding steroid dienone is 1. The predicted molar refractivity (Wildman–Crippen MR) is 82.5 cm³/mol. The minimum absolute atomic E-state index is 0.0509. The van der Waals surface area contributed by atoms with Gasteiger partial charge in [-0.2, -0.15) is 0 Å². The van der Waals surface area contributed by atoms with Crippen LogP contribution in [0.4, 0.5) is 0 Å².